The van der Waals surface area contributed by atoms with Crippen molar-refractivity contribution in [3.63, 3.8) is 0 Å². The van der Waals surface area contributed by atoms with E-state index in [-0.39, 0.29) is 12.8 Å². The van der Waals surface area contributed by atoms with E-state index in [1.54, 1.807) is 0 Å². The van der Waals surface area contributed by atoms with E-state index in [2.05, 4.69) is 92.1 Å². The third kappa shape index (κ3) is 41.4. The van der Waals surface area contributed by atoms with Crippen LogP contribution in [0.4, 0.5) is 0 Å². The minimum absolute atomic E-state index is 0.132. The van der Waals surface area contributed by atoms with Crippen LogP contribution < -0.4 is 5.32 Å². The second-order valence-corrected chi connectivity index (χ2v) is 16.3. The summed E-state index contributed by atoms with van der Waals surface area (Å²) in [6.07, 6.45) is 49.3. The Morgan fingerprint density at radius 1 is 0.559 bits per heavy atom. The zero-order valence-corrected chi connectivity index (χ0v) is 37.4. The van der Waals surface area contributed by atoms with Crippen LogP contribution in [-0.4, -0.2) is 64.9 Å². The molecule has 3 unspecified atom stereocenters. The molecule has 0 aromatic heterocycles. The van der Waals surface area contributed by atoms with Gasteiger partial charge in [-0.3, -0.25) is 18.6 Å². The number of aliphatic carboxylic acids is 1. The summed E-state index contributed by atoms with van der Waals surface area (Å²) >= 11 is 0. The topological polar surface area (TPSA) is 169 Å². The van der Waals surface area contributed by atoms with E-state index in [1.807, 2.05) is 0 Å². The number of hydrogen-bond acceptors (Lipinski definition) is 8. The summed E-state index contributed by atoms with van der Waals surface area (Å²) in [6.45, 7) is 2.42. The SMILES string of the molecule is CC/C=C\C/C=C\C/C=C\C/C=C\C/C=C\CCCCCCCCCC(=O)OCC(O)COP(=O)(O)OCC(NC(=O)CCCCCCC/C=C\CCCCC)C(=O)O. The van der Waals surface area contributed by atoms with Crippen LogP contribution in [0, 0.1) is 0 Å². The molecule has 59 heavy (non-hydrogen) atoms. The molecule has 0 spiro atoms. The number of ether oxygens (including phenoxy) is 1. The van der Waals surface area contributed by atoms with E-state index >= 15 is 0 Å². The van der Waals surface area contributed by atoms with Crippen LogP contribution in [0.5, 0.6) is 0 Å². The third-order valence-electron chi connectivity index (χ3n) is 9.23. The van der Waals surface area contributed by atoms with Gasteiger partial charge in [-0.1, -0.05) is 151 Å². The molecule has 0 aliphatic rings. The normalized spacial score (nSPS) is 14.4. The van der Waals surface area contributed by atoms with E-state index in [4.69, 9.17) is 13.8 Å². The van der Waals surface area contributed by atoms with Gasteiger partial charge in [0.15, 0.2) is 6.04 Å². The average molecular weight is 850 g/mol. The summed E-state index contributed by atoms with van der Waals surface area (Å²) in [5.74, 6) is -2.41. The maximum Gasteiger partial charge on any atom is 0.472 e. The Morgan fingerprint density at radius 3 is 1.49 bits per heavy atom. The molecule has 0 saturated heterocycles. The number of nitrogens with one attached hydrogen (secondary N) is 1. The number of carbonyl (C=O) groups is 3. The van der Waals surface area contributed by atoms with Gasteiger partial charge in [0.1, 0.15) is 12.7 Å². The van der Waals surface area contributed by atoms with Gasteiger partial charge in [-0.05, 0) is 83.5 Å². The fraction of sp³-hybridized carbons (Fsp3) is 0.681. The number of allylic oxidation sites excluding steroid dienone is 12. The van der Waals surface area contributed by atoms with Crippen molar-refractivity contribution in [1.29, 1.82) is 0 Å². The first-order valence-corrected chi connectivity index (χ1v) is 24.0. The largest absolute Gasteiger partial charge is 0.480 e. The van der Waals surface area contributed by atoms with Gasteiger partial charge in [0, 0.05) is 12.8 Å². The van der Waals surface area contributed by atoms with Gasteiger partial charge in [-0.2, -0.15) is 0 Å². The number of aliphatic hydroxyl groups excluding tert-OH is 1. The first-order valence-electron chi connectivity index (χ1n) is 22.5. The number of phosphoric ester groups is 1. The zero-order chi connectivity index (χ0) is 43.5. The molecule has 0 heterocycles. The number of carbonyl (C=O) groups excluding carboxylic acids is 2. The molecule has 4 N–H and O–H groups in total. The van der Waals surface area contributed by atoms with E-state index in [9.17, 15) is 34.1 Å². The number of carboxylic acid groups (broad SMARTS) is 1. The lowest BCUT2D eigenvalue weighted by Gasteiger charge is -2.18. The molecule has 0 fully saturated rings. The fourth-order valence-electron chi connectivity index (χ4n) is 5.75. The highest BCUT2D eigenvalue weighted by atomic mass is 31.2. The highest BCUT2D eigenvalue weighted by Gasteiger charge is 2.28. The molecule has 0 saturated carbocycles. The van der Waals surface area contributed by atoms with E-state index in [0.717, 1.165) is 103 Å². The van der Waals surface area contributed by atoms with Crippen molar-refractivity contribution in [2.24, 2.45) is 0 Å². The van der Waals surface area contributed by atoms with Crippen molar-refractivity contribution in [2.75, 3.05) is 19.8 Å². The molecule has 0 aliphatic carbocycles. The second kappa shape index (κ2) is 41.6. The molecule has 0 bridgehead atoms. The summed E-state index contributed by atoms with van der Waals surface area (Å²) < 4.78 is 26.8. The summed E-state index contributed by atoms with van der Waals surface area (Å²) in [4.78, 5) is 45.9. The summed E-state index contributed by atoms with van der Waals surface area (Å²) in [5, 5.41) is 21.8. The predicted molar refractivity (Wildman–Crippen MR) is 240 cm³/mol. The minimum atomic E-state index is -4.76. The van der Waals surface area contributed by atoms with Crippen LogP contribution in [0.25, 0.3) is 0 Å². The second-order valence-electron chi connectivity index (χ2n) is 14.9. The number of carboxylic acids is 1. The molecule has 1 amide bonds. The summed E-state index contributed by atoms with van der Waals surface area (Å²) in [5.41, 5.74) is 0. The molecule has 0 aromatic carbocycles. The molecule has 0 radical (unpaired) electrons. The Kier molecular flexibility index (Phi) is 39.5. The zero-order valence-electron chi connectivity index (χ0n) is 36.5. The van der Waals surface area contributed by atoms with Crippen molar-refractivity contribution >= 4 is 25.7 Å². The van der Waals surface area contributed by atoms with E-state index in [0.29, 0.717) is 12.8 Å². The molecule has 338 valence electrons. The van der Waals surface area contributed by atoms with Crippen LogP contribution >= 0.6 is 7.82 Å². The van der Waals surface area contributed by atoms with Crippen LogP contribution in [-0.2, 0) is 32.7 Å². The van der Waals surface area contributed by atoms with Crippen molar-refractivity contribution < 1.29 is 47.8 Å². The van der Waals surface area contributed by atoms with Gasteiger partial charge in [-0.25, -0.2) is 9.36 Å². The standard InChI is InChI=1S/C47H80NO10P/c1-3-5-7-9-11-13-15-17-18-19-20-21-22-23-24-25-26-27-29-31-33-35-37-39-46(51)56-40-43(49)41-57-59(54,55)58-42-44(47(52)53)48-45(50)38-36-34-32-30-28-16-14-12-10-8-6-4-2/h5,7,11-14,17-18,20-21,23-24,43-44,49H,3-4,6,8-10,15-16,19,22,25-42H2,1-2H3,(H,48,50)(H,52,53)(H,54,55)/b7-5-,13-11-,14-12-,18-17-,21-20-,24-23-. The van der Waals surface area contributed by atoms with E-state index in [1.165, 1.54) is 32.1 Å². The van der Waals surface area contributed by atoms with Crippen LogP contribution in [0.3, 0.4) is 0 Å². The fourth-order valence-corrected chi connectivity index (χ4v) is 6.52. The van der Waals surface area contributed by atoms with Crippen molar-refractivity contribution in [2.45, 2.75) is 187 Å². The number of phosphoric acid groups is 1. The molecule has 12 heteroatoms. The number of unbranched alkanes of at least 4 members (excludes halogenated alkanes) is 15. The monoisotopic (exact) mass is 850 g/mol. The Labute approximate surface area is 357 Å². The molecule has 11 nitrogen and oxygen atoms in total. The smallest absolute Gasteiger partial charge is 0.472 e. The molecule has 3 atom stereocenters. The van der Waals surface area contributed by atoms with Crippen molar-refractivity contribution in [1.82, 2.24) is 5.32 Å². The van der Waals surface area contributed by atoms with E-state index < -0.39 is 57.6 Å². The highest BCUT2D eigenvalue weighted by molar-refractivity contribution is 7.47. The number of aliphatic hydroxyl groups is 1. The Hall–Kier alpha value is -3.08. The molecule has 0 aromatic rings. The third-order valence-corrected chi connectivity index (χ3v) is 10.2. The molecular weight excluding hydrogens is 769 g/mol. The molecule has 0 rings (SSSR count). The van der Waals surface area contributed by atoms with Gasteiger partial charge in [-0.15, -0.1) is 0 Å². The minimum Gasteiger partial charge on any atom is -0.480 e. The highest BCUT2D eigenvalue weighted by Crippen LogP contribution is 2.43. The van der Waals surface area contributed by atoms with Crippen LogP contribution in [0.1, 0.15) is 174 Å². The summed E-state index contributed by atoms with van der Waals surface area (Å²) in [7, 11) is -4.76. The van der Waals surface area contributed by atoms with Crippen molar-refractivity contribution in [3.05, 3.63) is 72.9 Å². The maximum absolute atomic E-state index is 12.3. The number of esters is 1. The van der Waals surface area contributed by atoms with Crippen LogP contribution in [0.15, 0.2) is 72.9 Å². The Balaban J connectivity index is 3.89. The quantitative estimate of drug-likeness (QED) is 0.0201. The van der Waals surface area contributed by atoms with Gasteiger partial charge < -0.3 is 25.2 Å². The molecular formula is C47H80NO10P. The Morgan fingerprint density at radius 2 is 0.983 bits per heavy atom. The first-order chi connectivity index (χ1) is 28.6. The lowest BCUT2D eigenvalue weighted by Crippen LogP contribution is -2.43. The van der Waals surface area contributed by atoms with Crippen molar-refractivity contribution in [3.8, 4) is 0 Å². The van der Waals surface area contributed by atoms with Crippen LogP contribution in [0.2, 0.25) is 0 Å². The van der Waals surface area contributed by atoms with Gasteiger partial charge >= 0.3 is 19.8 Å². The molecule has 0 aliphatic heterocycles. The average Bonchev–Trinajstić information content (AvgIpc) is 3.21. The number of amides is 1. The lowest BCUT2D eigenvalue weighted by molar-refractivity contribution is -0.147. The van der Waals surface area contributed by atoms with Gasteiger partial charge in [0.25, 0.3) is 0 Å². The predicted octanol–water partition coefficient (Wildman–Crippen LogP) is 11.7. The maximum atomic E-state index is 12.3. The number of rotatable bonds is 41. The number of hydrogen-bond donors (Lipinski definition) is 4. The summed E-state index contributed by atoms with van der Waals surface area (Å²) in [6, 6.07) is -1.55. The lowest BCUT2D eigenvalue weighted by atomic mass is 10.1. The first kappa shape index (κ1) is 55.9. The Bertz CT molecular complexity index is 1280. The van der Waals surface area contributed by atoms with Gasteiger partial charge in [0.05, 0.1) is 13.2 Å². The van der Waals surface area contributed by atoms with Gasteiger partial charge in [0.2, 0.25) is 5.91 Å².